The number of amides is 2. The number of hydrogen-bond donors (Lipinski definition) is 1. The smallest absolute Gasteiger partial charge is 0.257 e. The van der Waals surface area contributed by atoms with E-state index in [1.165, 1.54) is 47.4 Å². The van der Waals surface area contributed by atoms with E-state index in [2.05, 4.69) is 15.3 Å². The van der Waals surface area contributed by atoms with Crippen LogP contribution in [-0.4, -0.2) is 41.5 Å². The van der Waals surface area contributed by atoms with Crippen LogP contribution in [0.15, 0.2) is 70.3 Å². The lowest BCUT2D eigenvalue weighted by Crippen LogP contribution is -2.38. The molecule has 2 aliphatic heterocycles. The number of aliphatic imine (C=N–C) groups is 2. The lowest BCUT2D eigenvalue weighted by molar-refractivity contribution is 0.0822. The van der Waals surface area contributed by atoms with Gasteiger partial charge in [0.25, 0.3) is 11.8 Å². The SMILES string of the molecule is O=C(NC1N=CC2=CN(C(=O)c3ccc(F)cc3)CCC2=N1)c1cccc(F)c1. The Hall–Kier alpha value is -3.68. The minimum Gasteiger partial charge on any atom is -0.314 e. The fourth-order valence-corrected chi connectivity index (χ4v) is 3.07. The van der Waals surface area contributed by atoms with Crippen LogP contribution in [0.5, 0.6) is 0 Å². The van der Waals surface area contributed by atoms with Gasteiger partial charge in [0.05, 0.1) is 5.71 Å². The lowest BCUT2D eigenvalue weighted by atomic mass is 10.0. The Bertz CT molecular complexity index is 1060. The molecule has 2 aromatic carbocycles. The van der Waals surface area contributed by atoms with Crippen LogP contribution in [0.4, 0.5) is 8.78 Å². The van der Waals surface area contributed by atoms with Crippen molar-refractivity contribution in [3.63, 3.8) is 0 Å². The van der Waals surface area contributed by atoms with Crippen molar-refractivity contribution in [3.8, 4) is 0 Å². The lowest BCUT2D eigenvalue weighted by Gasteiger charge is -2.27. The number of rotatable bonds is 3. The fourth-order valence-electron chi connectivity index (χ4n) is 3.07. The predicted octanol–water partition coefficient (Wildman–Crippen LogP) is 2.93. The maximum Gasteiger partial charge on any atom is 0.257 e. The maximum atomic E-state index is 13.3. The molecule has 2 aromatic rings. The van der Waals surface area contributed by atoms with Crippen LogP contribution in [0.2, 0.25) is 0 Å². The van der Waals surface area contributed by atoms with Gasteiger partial charge in [-0.15, -0.1) is 0 Å². The number of carbonyl (C=O) groups is 2. The summed E-state index contributed by atoms with van der Waals surface area (Å²) in [6, 6.07) is 10.7. The van der Waals surface area contributed by atoms with Crippen molar-refractivity contribution in [2.24, 2.45) is 9.98 Å². The zero-order valence-corrected chi connectivity index (χ0v) is 15.2. The number of nitrogens with one attached hydrogen (secondary N) is 1. The molecule has 2 amide bonds. The molecule has 0 saturated carbocycles. The number of carbonyl (C=O) groups excluding carboxylic acids is 2. The Morgan fingerprint density at radius 3 is 2.59 bits per heavy atom. The van der Waals surface area contributed by atoms with Crippen LogP contribution in [0.1, 0.15) is 27.1 Å². The van der Waals surface area contributed by atoms with Gasteiger partial charge in [0.1, 0.15) is 11.6 Å². The third-order valence-corrected chi connectivity index (χ3v) is 4.55. The molecular formula is C21H16F2N4O2. The van der Waals surface area contributed by atoms with Crippen molar-refractivity contribution in [1.29, 1.82) is 0 Å². The quantitative estimate of drug-likeness (QED) is 0.869. The summed E-state index contributed by atoms with van der Waals surface area (Å²) in [7, 11) is 0. The highest BCUT2D eigenvalue weighted by Gasteiger charge is 2.25. The molecule has 146 valence electrons. The Morgan fingerprint density at radius 2 is 1.83 bits per heavy atom. The van der Waals surface area contributed by atoms with Gasteiger partial charge in [-0.1, -0.05) is 6.07 Å². The minimum atomic E-state index is -0.808. The van der Waals surface area contributed by atoms with Crippen molar-refractivity contribution in [1.82, 2.24) is 10.2 Å². The molecule has 6 nitrogen and oxygen atoms in total. The van der Waals surface area contributed by atoms with Gasteiger partial charge in [0.2, 0.25) is 6.29 Å². The summed E-state index contributed by atoms with van der Waals surface area (Å²) in [4.78, 5) is 34.9. The molecule has 0 bridgehead atoms. The van der Waals surface area contributed by atoms with Crippen LogP contribution in [-0.2, 0) is 0 Å². The van der Waals surface area contributed by atoms with Gasteiger partial charge in [-0.3, -0.25) is 9.59 Å². The second kappa shape index (κ2) is 7.75. The van der Waals surface area contributed by atoms with E-state index < -0.39 is 23.8 Å². The van der Waals surface area contributed by atoms with Crippen LogP contribution in [0.3, 0.4) is 0 Å². The van der Waals surface area contributed by atoms with Crippen LogP contribution in [0.25, 0.3) is 0 Å². The molecule has 1 unspecified atom stereocenters. The molecule has 0 radical (unpaired) electrons. The number of hydrogen-bond acceptors (Lipinski definition) is 4. The average Bonchev–Trinajstić information content (AvgIpc) is 2.73. The van der Waals surface area contributed by atoms with Gasteiger partial charge in [-0.05, 0) is 42.5 Å². The van der Waals surface area contributed by atoms with E-state index in [0.29, 0.717) is 29.8 Å². The molecule has 0 aromatic heterocycles. The molecule has 0 spiro atoms. The topological polar surface area (TPSA) is 74.1 Å². The summed E-state index contributed by atoms with van der Waals surface area (Å²) in [5.74, 6) is -1.63. The van der Waals surface area contributed by atoms with Gasteiger partial charge in [0, 0.05) is 42.1 Å². The molecule has 2 aliphatic rings. The molecule has 1 N–H and O–H groups in total. The molecule has 0 saturated heterocycles. The summed E-state index contributed by atoms with van der Waals surface area (Å²) < 4.78 is 26.3. The first kappa shape index (κ1) is 18.7. The summed E-state index contributed by atoms with van der Waals surface area (Å²) in [5.41, 5.74) is 1.95. The highest BCUT2D eigenvalue weighted by atomic mass is 19.1. The third kappa shape index (κ3) is 4.11. The van der Waals surface area contributed by atoms with Crippen LogP contribution in [0, 0.1) is 11.6 Å². The third-order valence-electron chi connectivity index (χ3n) is 4.55. The predicted molar refractivity (Wildman–Crippen MR) is 104 cm³/mol. The van der Waals surface area contributed by atoms with E-state index in [4.69, 9.17) is 0 Å². The van der Waals surface area contributed by atoms with Crippen molar-refractivity contribution < 1.29 is 18.4 Å². The standard InChI is InChI=1S/C21H16F2N4O2/c22-16-6-4-13(5-7-16)20(29)27-9-8-18-15(12-27)11-24-21(25-18)26-19(28)14-2-1-3-17(23)10-14/h1-7,10-12,21H,8-9H2,(H,26,28). The minimum absolute atomic E-state index is 0.182. The van der Waals surface area contributed by atoms with E-state index in [9.17, 15) is 18.4 Å². The first-order valence-corrected chi connectivity index (χ1v) is 8.94. The number of allylic oxidation sites excluding steroid dienone is 1. The largest absolute Gasteiger partial charge is 0.314 e. The highest BCUT2D eigenvalue weighted by Crippen LogP contribution is 2.18. The molecular weight excluding hydrogens is 378 g/mol. The summed E-state index contributed by atoms with van der Waals surface area (Å²) >= 11 is 0. The molecule has 2 heterocycles. The van der Waals surface area contributed by atoms with E-state index in [1.54, 1.807) is 12.4 Å². The first-order valence-electron chi connectivity index (χ1n) is 8.94. The molecule has 0 aliphatic carbocycles. The van der Waals surface area contributed by atoms with Gasteiger partial charge in [-0.25, -0.2) is 18.8 Å². The second-order valence-electron chi connectivity index (χ2n) is 6.55. The van der Waals surface area contributed by atoms with Gasteiger partial charge < -0.3 is 10.2 Å². The Labute approximate surface area is 165 Å². The summed E-state index contributed by atoms with van der Waals surface area (Å²) in [6.45, 7) is 0.400. The van der Waals surface area contributed by atoms with E-state index in [0.717, 1.165) is 6.07 Å². The zero-order valence-electron chi connectivity index (χ0n) is 15.2. The zero-order chi connectivity index (χ0) is 20.4. The number of fused-ring (bicyclic) bond motifs is 1. The van der Waals surface area contributed by atoms with E-state index in [1.807, 2.05) is 0 Å². The fraction of sp³-hybridized carbons (Fsp3) is 0.143. The average molecular weight is 394 g/mol. The molecule has 8 heteroatoms. The second-order valence-corrected chi connectivity index (χ2v) is 6.55. The van der Waals surface area contributed by atoms with Crippen LogP contribution >= 0.6 is 0 Å². The van der Waals surface area contributed by atoms with Crippen molar-refractivity contribution >= 4 is 23.7 Å². The molecule has 4 rings (SSSR count). The Kier molecular flexibility index (Phi) is 4.99. The molecule has 0 fully saturated rings. The van der Waals surface area contributed by atoms with Crippen LogP contribution < -0.4 is 5.32 Å². The van der Waals surface area contributed by atoms with E-state index >= 15 is 0 Å². The summed E-state index contributed by atoms with van der Waals surface area (Å²) in [5, 5.41) is 2.63. The van der Waals surface area contributed by atoms with Gasteiger partial charge >= 0.3 is 0 Å². The normalized spacial score (nSPS) is 17.9. The van der Waals surface area contributed by atoms with E-state index in [-0.39, 0.29) is 11.5 Å². The van der Waals surface area contributed by atoms with Gasteiger partial charge in [-0.2, -0.15) is 0 Å². The van der Waals surface area contributed by atoms with Crippen molar-refractivity contribution in [2.45, 2.75) is 12.7 Å². The Balaban J connectivity index is 1.45. The summed E-state index contributed by atoms with van der Waals surface area (Å²) in [6.07, 6.45) is 2.86. The van der Waals surface area contributed by atoms with Crippen molar-refractivity contribution in [2.75, 3.05) is 6.54 Å². The number of nitrogens with zero attached hydrogens (tertiary/aromatic N) is 3. The number of benzene rings is 2. The molecule has 29 heavy (non-hydrogen) atoms. The van der Waals surface area contributed by atoms with Gasteiger partial charge in [0.15, 0.2) is 0 Å². The maximum absolute atomic E-state index is 13.3. The molecule has 1 atom stereocenters. The Morgan fingerprint density at radius 1 is 1.03 bits per heavy atom. The first-order chi connectivity index (χ1) is 14.0. The highest BCUT2D eigenvalue weighted by molar-refractivity contribution is 6.18. The van der Waals surface area contributed by atoms with Crippen molar-refractivity contribution in [3.05, 3.63) is 83.1 Å². The monoisotopic (exact) mass is 394 g/mol. The number of halogens is 2.